The van der Waals surface area contributed by atoms with Crippen molar-refractivity contribution in [3.63, 3.8) is 0 Å². The molecule has 0 saturated carbocycles. The first-order valence-corrected chi connectivity index (χ1v) is 8.93. The molecule has 1 saturated heterocycles. The molecule has 0 spiro atoms. The number of carbonyl (C=O) groups is 2. The molecule has 2 aromatic carbocycles. The molecule has 0 radical (unpaired) electrons. The summed E-state index contributed by atoms with van der Waals surface area (Å²) in [5, 5.41) is 13.1. The van der Waals surface area contributed by atoms with Crippen molar-refractivity contribution in [2.45, 2.75) is 13.0 Å². The summed E-state index contributed by atoms with van der Waals surface area (Å²) < 4.78 is 1.40. The third kappa shape index (κ3) is 3.94. The van der Waals surface area contributed by atoms with E-state index in [2.05, 4.69) is 33.7 Å². The van der Waals surface area contributed by atoms with E-state index >= 15 is 0 Å². The Bertz CT molecular complexity index is 948. The number of rotatable bonds is 4. The average molecular weight is 364 g/mol. The largest absolute Gasteiger partial charge is 0.339 e. The maximum Gasteiger partial charge on any atom is 0.244 e. The zero-order chi connectivity index (χ0) is 18.6. The van der Waals surface area contributed by atoms with Gasteiger partial charge in [-0.15, -0.1) is 5.10 Å². The van der Waals surface area contributed by atoms with Gasteiger partial charge in [-0.2, -0.15) is 0 Å². The van der Waals surface area contributed by atoms with E-state index in [1.165, 1.54) is 16.4 Å². The number of amides is 2. The number of benzene rings is 2. The lowest BCUT2D eigenvalue weighted by molar-refractivity contribution is -0.139. The molecule has 1 aliphatic rings. The first kappa shape index (κ1) is 17.1. The Balaban J connectivity index is 1.32. The highest BCUT2D eigenvalue weighted by atomic mass is 16.2. The fourth-order valence-electron chi connectivity index (χ4n) is 3.33. The number of nitrogens with zero attached hydrogens (tertiary/aromatic N) is 6. The standard InChI is InChI=1S/C19H20N6O2/c26-18(12-15-5-6-16-3-1-2-4-17(16)11-15)23-7-9-24(10-8-23)19(27)13-25-14-20-21-22-25/h1-6,11,14H,7-10,12-13H2. The van der Waals surface area contributed by atoms with E-state index in [1.54, 1.807) is 4.90 Å². The van der Waals surface area contributed by atoms with Crippen molar-refractivity contribution >= 4 is 22.6 Å². The molecule has 1 aromatic heterocycles. The molecule has 0 atom stereocenters. The molecule has 0 N–H and O–H groups in total. The van der Waals surface area contributed by atoms with Crippen LogP contribution in [0.3, 0.4) is 0 Å². The van der Waals surface area contributed by atoms with Crippen molar-refractivity contribution in [3.05, 3.63) is 54.4 Å². The van der Waals surface area contributed by atoms with E-state index in [1.807, 2.05) is 29.2 Å². The quantitative estimate of drug-likeness (QED) is 0.682. The predicted molar refractivity (Wildman–Crippen MR) is 98.6 cm³/mol. The van der Waals surface area contributed by atoms with Crippen LogP contribution in [0.15, 0.2) is 48.8 Å². The van der Waals surface area contributed by atoms with Crippen LogP contribution in [-0.4, -0.2) is 68.0 Å². The van der Waals surface area contributed by atoms with Gasteiger partial charge in [0.05, 0.1) is 6.42 Å². The molecule has 1 aliphatic heterocycles. The molecule has 2 heterocycles. The number of tetrazole rings is 1. The van der Waals surface area contributed by atoms with Gasteiger partial charge in [-0.3, -0.25) is 9.59 Å². The van der Waals surface area contributed by atoms with Crippen LogP contribution in [0.25, 0.3) is 10.8 Å². The molecule has 1 fully saturated rings. The van der Waals surface area contributed by atoms with Gasteiger partial charge >= 0.3 is 0 Å². The monoisotopic (exact) mass is 364 g/mol. The minimum absolute atomic E-state index is 0.0380. The van der Waals surface area contributed by atoms with Crippen molar-refractivity contribution in [1.82, 2.24) is 30.0 Å². The summed E-state index contributed by atoms with van der Waals surface area (Å²) in [5.74, 6) is 0.0572. The fourth-order valence-corrected chi connectivity index (χ4v) is 3.33. The van der Waals surface area contributed by atoms with Crippen LogP contribution in [0.1, 0.15) is 5.56 Å². The number of aromatic nitrogens is 4. The Morgan fingerprint density at radius 3 is 2.30 bits per heavy atom. The molecule has 0 aliphatic carbocycles. The SMILES string of the molecule is O=C(Cc1ccc2ccccc2c1)N1CCN(C(=O)Cn2cnnn2)CC1. The predicted octanol–water partition coefficient (Wildman–Crippen LogP) is 0.740. The molecule has 0 unspecified atom stereocenters. The lowest BCUT2D eigenvalue weighted by Gasteiger charge is -2.34. The summed E-state index contributed by atoms with van der Waals surface area (Å²) in [4.78, 5) is 28.5. The van der Waals surface area contributed by atoms with Crippen LogP contribution in [0.2, 0.25) is 0 Å². The second kappa shape index (κ2) is 7.53. The number of piperazine rings is 1. The van der Waals surface area contributed by atoms with Crippen LogP contribution in [0.5, 0.6) is 0 Å². The van der Waals surface area contributed by atoms with Crippen molar-refractivity contribution in [2.24, 2.45) is 0 Å². The number of hydrogen-bond acceptors (Lipinski definition) is 5. The van der Waals surface area contributed by atoms with E-state index in [0.717, 1.165) is 10.9 Å². The van der Waals surface area contributed by atoms with Crippen molar-refractivity contribution in [3.8, 4) is 0 Å². The number of carbonyl (C=O) groups excluding carboxylic acids is 2. The van der Waals surface area contributed by atoms with Gasteiger partial charge < -0.3 is 9.80 Å². The summed E-state index contributed by atoms with van der Waals surface area (Å²) in [6.45, 7) is 2.29. The van der Waals surface area contributed by atoms with E-state index < -0.39 is 0 Å². The molecule has 8 nitrogen and oxygen atoms in total. The zero-order valence-corrected chi connectivity index (χ0v) is 14.9. The number of hydrogen-bond donors (Lipinski definition) is 0. The van der Waals surface area contributed by atoms with Crippen molar-refractivity contribution in [2.75, 3.05) is 26.2 Å². The van der Waals surface area contributed by atoms with Gasteiger partial charge in [0.1, 0.15) is 12.9 Å². The summed E-state index contributed by atoms with van der Waals surface area (Å²) in [6.07, 6.45) is 1.80. The van der Waals surface area contributed by atoms with Crippen molar-refractivity contribution in [1.29, 1.82) is 0 Å². The molecule has 138 valence electrons. The van der Waals surface area contributed by atoms with Gasteiger partial charge in [0, 0.05) is 26.2 Å². The molecule has 2 amide bonds. The topological polar surface area (TPSA) is 84.2 Å². The fraction of sp³-hybridized carbons (Fsp3) is 0.316. The highest BCUT2D eigenvalue weighted by Gasteiger charge is 2.24. The average Bonchev–Trinajstić information content (AvgIpc) is 3.21. The molecular formula is C19H20N6O2. The van der Waals surface area contributed by atoms with E-state index in [9.17, 15) is 9.59 Å². The first-order valence-electron chi connectivity index (χ1n) is 8.93. The molecule has 27 heavy (non-hydrogen) atoms. The maximum absolute atomic E-state index is 12.6. The summed E-state index contributed by atoms with van der Waals surface area (Å²) in [7, 11) is 0. The normalized spacial score (nSPS) is 14.5. The highest BCUT2D eigenvalue weighted by molar-refractivity contribution is 5.85. The van der Waals surface area contributed by atoms with Crippen LogP contribution >= 0.6 is 0 Å². The second-order valence-electron chi connectivity index (χ2n) is 6.63. The minimum Gasteiger partial charge on any atom is -0.339 e. The minimum atomic E-state index is -0.0380. The molecular weight excluding hydrogens is 344 g/mol. The van der Waals surface area contributed by atoms with Gasteiger partial charge in [-0.25, -0.2) is 4.68 Å². The molecule has 3 aromatic rings. The third-order valence-corrected chi connectivity index (χ3v) is 4.84. The molecule has 4 rings (SSSR count). The first-order chi connectivity index (χ1) is 13.2. The lowest BCUT2D eigenvalue weighted by atomic mass is 10.0. The van der Waals surface area contributed by atoms with E-state index in [0.29, 0.717) is 32.6 Å². The molecule has 0 bridgehead atoms. The third-order valence-electron chi connectivity index (χ3n) is 4.84. The van der Waals surface area contributed by atoms with Gasteiger partial charge in [-0.1, -0.05) is 42.5 Å². The van der Waals surface area contributed by atoms with E-state index in [-0.39, 0.29) is 18.4 Å². The second-order valence-corrected chi connectivity index (χ2v) is 6.63. The Morgan fingerprint density at radius 2 is 1.59 bits per heavy atom. The molecule has 8 heteroatoms. The lowest BCUT2D eigenvalue weighted by Crippen LogP contribution is -2.51. The summed E-state index contributed by atoms with van der Waals surface area (Å²) in [6, 6.07) is 14.2. The summed E-state index contributed by atoms with van der Waals surface area (Å²) >= 11 is 0. The Kier molecular flexibility index (Phi) is 4.78. The maximum atomic E-state index is 12.6. The Morgan fingerprint density at radius 1 is 0.889 bits per heavy atom. The van der Waals surface area contributed by atoms with Gasteiger partial charge in [0.2, 0.25) is 11.8 Å². The Labute approximate surface area is 156 Å². The van der Waals surface area contributed by atoms with Gasteiger partial charge in [-0.05, 0) is 26.8 Å². The van der Waals surface area contributed by atoms with Gasteiger partial charge in [0.15, 0.2) is 0 Å². The summed E-state index contributed by atoms with van der Waals surface area (Å²) in [5.41, 5.74) is 1.01. The van der Waals surface area contributed by atoms with Crippen LogP contribution in [0.4, 0.5) is 0 Å². The number of fused-ring (bicyclic) bond motifs is 1. The van der Waals surface area contributed by atoms with Crippen LogP contribution < -0.4 is 0 Å². The van der Waals surface area contributed by atoms with Crippen LogP contribution in [-0.2, 0) is 22.6 Å². The zero-order valence-electron chi connectivity index (χ0n) is 14.9. The highest BCUT2D eigenvalue weighted by Crippen LogP contribution is 2.17. The van der Waals surface area contributed by atoms with Crippen LogP contribution in [0, 0.1) is 0 Å². The smallest absolute Gasteiger partial charge is 0.244 e. The van der Waals surface area contributed by atoms with Gasteiger partial charge in [0.25, 0.3) is 0 Å². The Hall–Kier alpha value is -3.29. The van der Waals surface area contributed by atoms with E-state index in [4.69, 9.17) is 0 Å². The van der Waals surface area contributed by atoms with Crippen molar-refractivity contribution < 1.29 is 9.59 Å².